The first-order chi connectivity index (χ1) is 12.8. The van der Waals surface area contributed by atoms with Crippen molar-refractivity contribution in [3.63, 3.8) is 0 Å². The van der Waals surface area contributed by atoms with Crippen LogP contribution in [-0.2, 0) is 15.0 Å². The van der Waals surface area contributed by atoms with Crippen molar-refractivity contribution in [2.24, 2.45) is 5.92 Å². The van der Waals surface area contributed by atoms with Crippen LogP contribution in [0.3, 0.4) is 0 Å². The van der Waals surface area contributed by atoms with Gasteiger partial charge in [-0.2, -0.15) is 17.0 Å². The Morgan fingerprint density at radius 1 is 1.15 bits per heavy atom. The van der Waals surface area contributed by atoms with Crippen LogP contribution in [0.5, 0.6) is 0 Å². The van der Waals surface area contributed by atoms with E-state index in [4.69, 9.17) is 11.6 Å². The number of halogens is 1. The topological polar surface area (TPSA) is 90.0 Å². The fourth-order valence-electron chi connectivity index (χ4n) is 3.49. The summed E-state index contributed by atoms with van der Waals surface area (Å²) in [4.78, 5) is 16.8. The lowest BCUT2D eigenvalue weighted by atomic mass is 9.96. The van der Waals surface area contributed by atoms with E-state index in [1.54, 1.807) is 11.0 Å². The lowest BCUT2D eigenvalue weighted by Crippen LogP contribution is -2.55. The molecule has 0 radical (unpaired) electrons. The molecule has 0 aromatic carbocycles. The van der Waals surface area contributed by atoms with Crippen LogP contribution in [0.1, 0.15) is 12.8 Å². The van der Waals surface area contributed by atoms with Crippen molar-refractivity contribution in [3.05, 3.63) is 17.3 Å². The molecule has 0 N–H and O–H groups in total. The Labute approximate surface area is 165 Å². The number of anilines is 1. The van der Waals surface area contributed by atoms with Crippen LogP contribution in [0.15, 0.2) is 12.1 Å². The Morgan fingerprint density at radius 2 is 1.85 bits per heavy atom. The molecule has 150 valence electrons. The van der Waals surface area contributed by atoms with Crippen LogP contribution >= 0.6 is 11.6 Å². The minimum Gasteiger partial charge on any atom is -0.354 e. The Kier molecular flexibility index (Phi) is 6.19. The molecule has 1 atom stereocenters. The van der Waals surface area contributed by atoms with Gasteiger partial charge in [-0.1, -0.05) is 11.6 Å². The smallest absolute Gasteiger partial charge is 0.281 e. The highest BCUT2D eigenvalue weighted by atomic mass is 35.5. The number of amides is 1. The highest BCUT2D eigenvalue weighted by molar-refractivity contribution is 7.86. The maximum atomic E-state index is 12.9. The predicted molar refractivity (Wildman–Crippen MR) is 103 cm³/mol. The van der Waals surface area contributed by atoms with E-state index < -0.39 is 10.2 Å². The molecule has 1 aromatic heterocycles. The molecule has 3 heterocycles. The summed E-state index contributed by atoms with van der Waals surface area (Å²) in [7, 11) is -0.394. The number of hydrogen-bond acceptors (Lipinski definition) is 6. The van der Waals surface area contributed by atoms with Crippen LogP contribution < -0.4 is 4.90 Å². The first-order valence-corrected chi connectivity index (χ1v) is 10.8. The van der Waals surface area contributed by atoms with Gasteiger partial charge in [0.05, 0.1) is 5.92 Å². The predicted octanol–water partition coefficient (Wildman–Crippen LogP) is 0.297. The van der Waals surface area contributed by atoms with Gasteiger partial charge in [-0.05, 0) is 25.0 Å². The minimum atomic E-state index is -3.43. The highest BCUT2D eigenvalue weighted by Gasteiger charge is 2.34. The lowest BCUT2D eigenvalue weighted by Gasteiger charge is -2.39. The normalized spacial score (nSPS) is 22.3. The maximum Gasteiger partial charge on any atom is 0.281 e. The molecule has 0 aliphatic carbocycles. The SMILES string of the molecule is CN(C)S(=O)(=O)N1CCN(C(=O)[C@@H]2CCCN(c3ccc(Cl)nn3)C2)CC1. The molecule has 0 bridgehead atoms. The van der Waals surface area contributed by atoms with E-state index >= 15 is 0 Å². The number of nitrogens with zero attached hydrogens (tertiary/aromatic N) is 6. The van der Waals surface area contributed by atoms with Crippen molar-refractivity contribution < 1.29 is 13.2 Å². The third-order valence-corrected chi connectivity index (χ3v) is 7.19. The zero-order chi connectivity index (χ0) is 19.6. The van der Waals surface area contributed by atoms with E-state index in [2.05, 4.69) is 15.1 Å². The Balaban J connectivity index is 1.59. The standard InChI is InChI=1S/C16H25ClN6O3S/c1-20(2)27(25,26)23-10-8-21(9-11-23)16(24)13-4-3-7-22(12-13)15-6-5-14(17)18-19-15/h5-6,13H,3-4,7-12H2,1-2H3/t13-/m1/s1. The summed E-state index contributed by atoms with van der Waals surface area (Å²) in [5.41, 5.74) is 0. The quantitative estimate of drug-likeness (QED) is 0.701. The number of hydrogen-bond donors (Lipinski definition) is 0. The van der Waals surface area contributed by atoms with E-state index in [9.17, 15) is 13.2 Å². The van der Waals surface area contributed by atoms with Crippen molar-refractivity contribution in [3.8, 4) is 0 Å². The molecule has 1 amide bonds. The molecule has 27 heavy (non-hydrogen) atoms. The molecule has 9 nitrogen and oxygen atoms in total. The Hall–Kier alpha value is -1.49. The van der Waals surface area contributed by atoms with Crippen LogP contribution in [0, 0.1) is 5.92 Å². The second-order valence-electron chi connectivity index (χ2n) is 7.01. The van der Waals surface area contributed by atoms with Gasteiger partial charge in [0, 0.05) is 53.4 Å². The van der Waals surface area contributed by atoms with Gasteiger partial charge >= 0.3 is 0 Å². The first kappa shape index (κ1) is 20.2. The lowest BCUT2D eigenvalue weighted by molar-refractivity contribution is -0.137. The van der Waals surface area contributed by atoms with Crippen LogP contribution in [-0.4, -0.2) is 91.4 Å². The van der Waals surface area contributed by atoms with Gasteiger partial charge in [-0.15, -0.1) is 10.2 Å². The molecule has 1 aromatic rings. The number of piperidine rings is 1. The molecule has 11 heteroatoms. The van der Waals surface area contributed by atoms with Gasteiger partial charge in [-0.25, -0.2) is 0 Å². The summed E-state index contributed by atoms with van der Waals surface area (Å²) in [6.45, 7) is 2.91. The molecule has 0 spiro atoms. The highest BCUT2D eigenvalue weighted by Crippen LogP contribution is 2.24. The van der Waals surface area contributed by atoms with Gasteiger partial charge in [0.2, 0.25) is 5.91 Å². The fourth-order valence-corrected chi connectivity index (χ4v) is 4.68. The summed E-state index contributed by atoms with van der Waals surface area (Å²) in [5, 5.41) is 8.32. The van der Waals surface area contributed by atoms with E-state index in [-0.39, 0.29) is 11.8 Å². The average Bonchev–Trinajstić information content (AvgIpc) is 2.68. The average molecular weight is 417 g/mol. The second-order valence-corrected chi connectivity index (χ2v) is 9.54. The third-order valence-electron chi connectivity index (χ3n) is 5.05. The van der Waals surface area contributed by atoms with Crippen molar-refractivity contribution in [2.75, 3.05) is 58.3 Å². The van der Waals surface area contributed by atoms with Crippen molar-refractivity contribution in [2.45, 2.75) is 12.8 Å². The summed E-state index contributed by atoms with van der Waals surface area (Å²) >= 11 is 5.79. The molecule has 2 aliphatic heterocycles. The summed E-state index contributed by atoms with van der Waals surface area (Å²) in [6, 6.07) is 3.51. The van der Waals surface area contributed by atoms with Gasteiger partial charge in [0.15, 0.2) is 11.0 Å². The van der Waals surface area contributed by atoms with E-state index in [0.29, 0.717) is 37.9 Å². The van der Waals surface area contributed by atoms with Crippen LogP contribution in [0.4, 0.5) is 5.82 Å². The first-order valence-electron chi connectivity index (χ1n) is 8.99. The second kappa shape index (κ2) is 8.26. The number of aromatic nitrogens is 2. The number of carbonyl (C=O) groups excluding carboxylic acids is 1. The monoisotopic (exact) mass is 416 g/mol. The fraction of sp³-hybridized carbons (Fsp3) is 0.688. The summed E-state index contributed by atoms with van der Waals surface area (Å²) in [5.74, 6) is 0.690. The molecular weight excluding hydrogens is 392 g/mol. The van der Waals surface area contributed by atoms with Gasteiger partial charge in [0.1, 0.15) is 0 Å². The van der Waals surface area contributed by atoms with Crippen LogP contribution in [0.25, 0.3) is 0 Å². The van der Waals surface area contributed by atoms with E-state index in [0.717, 1.165) is 25.2 Å². The largest absolute Gasteiger partial charge is 0.354 e. The van der Waals surface area contributed by atoms with E-state index in [1.807, 2.05) is 6.07 Å². The molecule has 2 aliphatic rings. The zero-order valence-corrected chi connectivity index (χ0v) is 17.2. The molecular formula is C16H25ClN6O3S. The molecule has 2 fully saturated rings. The minimum absolute atomic E-state index is 0.0866. The van der Waals surface area contributed by atoms with Crippen LogP contribution in [0.2, 0.25) is 5.15 Å². The molecule has 0 unspecified atom stereocenters. The number of piperazine rings is 1. The summed E-state index contributed by atoms with van der Waals surface area (Å²) < 4.78 is 27.0. The van der Waals surface area contributed by atoms with E-state index in [1.165, 1.54) is 22.7 Å². The molecule has 0 saturated carbocycles. The number of rotatable bonds is 4. The van der Waals surface area contributed by atoms with Crippen molar-refractivity contribution >= 4 is 33.5 Å². The zero-order valence-electron chi connectivity index (χ0n) is 15.6. The number of carbonyl (C=O) groups is 1. The molecule has 3 rings (SSSR count). The summed E-state index contributed by atoms with van der Waals surface area (Å²) in [6.07, 6.45) is 1.72. The van der Waals surface area contributed by atoms with Gasteiger partial charge in [-0.3, -0.25) is 4.79 Å². The maximum absolute atomic E-state index is 12.9. The van der Waals surface area contributed by atoms with Gasteiger partial charge < -0.3 is 9.80 Å². The van der Waals surface area contributed by atoms with Crippen molar-refractivity contribution in [1.29, 1.82) is 0 Å². The van der Waals surface area contributed by atoms with Gasteiger partial charge in [0.25, 0.3) is 10.2 Å². The van der Waals surface area contributed by atoms with Crippen molar-refractivity contribution in [1.82, 2.24) is 23.7 Å². The Morgan fingerprint density at radius 3 is 2.44 bits per heavy atom. The third kappa shape index (κ3) is 4.50. The molecule has 2 saturated heterocycles. The Bertz CT molecular complexity index is 765.